The Morgan fingerprint density at radius 3 is 2.47 bits per heavy atom. The quantitative estimate of drug-likeness (QED) is 0.774. The predicted molar refractivity (Wildman–Crippen MR) is 67.3 cm³/mol. The first-order valence-electron chi connectivity index (χ1n) is 5.72. The number of anilines is 1. The Morgan fingerprint density at radius 2 is 1.82 bits per heavy atom. The molecule has 4 heteroatoms. The molecule has 0 aliphatic heterocycles. The number of rotatable bonds is 6. The molecule has 1 aromatic carbocycles. The molecule has 1 rings (SSSR count). The van der Waals surface area contributed by atoms with Gasteiger partial charge in [0.15, 0.2) is 0 Å². The third-order valence-electron chi connectivity index (χ3n) is 2.27. The van der Waals surface area contributed by atoms with Crippen LogP contribution in [0, 0.1) is 6.92 Å². The second-order valence-electron chi connectivity index (χ2n) is 3.83. The summed E-state index contributed by atoms with van der Waals surface area (Å²) in [6.07, 6.45) is 1.30. The zero-order valence-electron chi connectivity index (χ0n) is 10.4. The van der Waals surface area contributed by atoms with Crippen molar-refractivity contribution >= 4 is 11.8 Å². The maximum atomic E-state index is 11.4. The minimum absolute atomic E-state index is 0.411. The maximum Gasteiger partial charge on any atom is 0.411 e. The average molecular weight is 237 g/mol. The van der Waals surface area contributed by atoms with Gasteiger partial charge in [0.1, 0.15) is 0 Å². The van der Waals surface area contributed by atoms with Gasteiger partial charge in [-0.25, -0.2) is 4.79 Å². The van der Waals surface area contributed by atoms with E-state index >= 15 is 0 Å². The van der Waals surface area contributed by atoms with Crippen molar-refractivity contribution < 1.29 is 14.3 Å². The van der Waals surface area contributed by atoms with Crippen molar-refractivity contribution in [1.82, 2.24) is 0 Å². The molecule has 0 bridgehead atoms. The Labute approximate surface area is 102 Å². The Balaban J connectivity index is 2.18. The molecule has 4 nitrogen and oxygen atoms in total. The molecule has 0 fully saturated rings. The zero-order chi connectivity index (χ0) is 12.5. The van der Waals surface area contributed by atoms with Gasteiger partial charge < -0.3 is 9.47 Å². The third-order valence-corrected chi connectivity index (χ3v) is 2.27. The van der Waals surface area contributed by atoms with Crippen LogP contribution >= 0.6 is 0 Å². The van der Waals surface area contributed by atoms with Crippen molar-refractivity contribution in [1.29, 1.82) is 0 Å². The molecule has 0 aliphatic carbocycles. The predicted octanol–water partition coefficient (Wildman–Crippen LogP) is 2.97. The lowest BCUT2D eigenvalue weighted by Gasteiger charge is -2.07. The number of benzene rings is 1. The molecule has 17 heavy (non-hydrogen) atoms. The largest absolute Gasteiger partial charge is 0.449 e. The standard InChI is InChI=1S/C13H19NO3/c1-11-5-7-12(8-6-11)14-13(15)17-10-4-3-9-16-2/h5-8H,3-4,9-10H2,1-2H3,(H,14,15). The maximum absolute atomic E-state index is 11.4. The summed E-state index contributed by atoms with van der Waals surface area (Å²) in [6.45, 7) is 3.11. The molecule has 0 heterocycles. The van der Waals surface area contributed by atoms with Crippen LogP contribution in [0.5, 0.6) is 0 Å². The first kappa shape index (κ1) is 13.5. The molecule has 0 saturated carbocycles. The molecule has 0 aliphatic rings. The molecule has 0 saturated heterocycles. The minimum Gasteiger partial charge on any atom is -0.449 e. The molecule has 1 N–H and O–H groups in total. The monoisotopic (exact) mass is 237 g/mol. The molecule has 0 atom stereocenters. The van der Waals surface area contributed by atoms with E-state index in [-0.39, 0.29) is 0 Å². The van der Waals surface area contributed by atoms with Gasteiger partial charge in [-0.1, -0.05) is 17.7 Å². The van der Waals surface area contributed by atoms with E-state index in [1.807, 2.05) is 31.2 Å². The summed E-state index contributed by atoms with van der Waals surface area (Å²) in [5.41, 5.74) is 1.90. The Hall–Kier alpha value is -1.55. The lowest BCUT2D eigenvalue weighted by Crippen LogP contribution is -2.14. The Bertz CT molecular complexity index is 335. The van der Waals surface area contributed by atoms with Crippen LogP contribution in [0.1, 0.15) is 18.4 Å². The molecule has 1 aromatic rings. The number of unbranched alkanes of at least 4 members (excludes halogenated alkanes) is 1. The second-order valence-corrected chi connectivity index (χ2v) is 3.83. The Kier molecular flexibility index (Phi) is 6.10. The number of ether oxygens (including phenoxy) is 2. The number of amides is 1. The fourth-order valence-corrected chi connectivity index (χ4v) is 1.30. The fourth-order valence-electron chi connectivity index (χ4n) is 1.30. The van der Waals surface area contributed by atoms with Crippen LogP contribution in [-0.4, -0.2) is 26.4 Å². The molecule has 0 spiro atoms. The SMILES string of the molecule is COCCCCOC(=O)Nc1ccc(C)cc1. The van der Waals surface area contributed by atoms with Gasteiger partial charge in [0.05, 0.1) is 6.61 Å². The van der Waals surface area contributed by atoms with E-state index in [1.54, 1.807) is 7.11 Å². The molecular weight excluding hydrogens is 218 g/mol. The van der Waals surface area contributed by atoms with Crippen LogP contribution in [0.3, 0.4) is 0 Å². The highest BCUT2D eigenvalue weighted by atomic mass is 16.5. The third kappa shape index (κ3) is 5.92. The van der Waals surface area contributed by atoms with Gasteiger partial charge in [-0.05, 0) is 31.9 Å². The highest BCUT2D eigenvalue weighted by molar-refractivity contribution is 5.84. The van der Waals surface area contributed by atoms with Crippen molar-refractivity contribution in [3.8, 4) is 0 Å². The van der Waals surface area contributed by atoms with Crippen molar-refractivity contribution in [2.75, 3.05) is 25.6 Å². The number of carbonyl (C=O) groups excluding carboxylic acids is 1. The zero-order valence-corrected chi connectivity index (χ0v) is 10.4. The molecule has 1 amide bonds. The van der Waals surface area contributed by atoms with E-state index in [4.69, 9.17) is 9.47 Å². The summed E-state index contributed by atoms with van der Waals surface area (Å²) in [5, 5.41) is 2.67. The van der Waals surface area contributed by atoms with E-state index in [0.717, 1.165) is 24.1 Å². The first-order chi connectivity index (χ1) is 8.22. The molecule has 0 aromatic heterocycles. The lowest BCUT2D eigenvalue weighted by molar-refractivity contribution is 0.148. The van der Waals surface area contributed by atoms with E-state index < -0.39 is 6.09 Å². The van der Waals surface area contributed by atoms with Gasteiger partial charge in [-0.3, -0.25) is 5.32 Å². The number of hydrogen-bond donors (Lipinski definition) is 1. The van der Waals surface area contributed by atoms with Crippen molar-refractivity contribution in [3.05, 3.63) is 29.8 Å². The van der Waals surface area contributed by atoms with Crippen molar-refractivity contribution in [2.45, 2.75) is 19.8 Å². The lowest BCUT2D eigenvalue weighted by atomic mass is 10.2. The van der Waals surface area contributed by atoms with Crippen LogP contribution < -0.4 is 5.32 Å². The Morgan fingerprint density at radius 1 is 1.18 bits per heavy atom. The van der Waals surface area contributed by atoms with Crippen molar-refractivity contribution in [3.63, 3.8) is 0 Å². The number of carbonyl (C=O) groups is 1. The van der Waals surface area contributed by atoms with Crippen LogP contribution in [-0.2, 0) is 9.47 Å². The van der Waals surface area contributed by atoms with Crippen LogP contribution in [0.2, 0.25) is 0 Å². The minimum atomic E-state index is -0.411. The summed E-state index contributed by atoms with van der Waals surface area (Å²) < 4.78 is 9.92. The van der Waals surface area contributed by atoms with Crippen LogP contribution in [0.15, 0.2) is 24.3 Å². The normalized spacial score (nSPS) is 10.0. The smallest absolute Gasteiger partial charge is 0.411 e. The summed E-state index contributed by atoms with van der Waals surface area (Å²) in [4.78, 5) is 11.4. The number of nitrogens with one attached hydrogen (secondary N) is 1. The van der Waals surface area contributed by atoms with E-state index in [2.05, 4.69) is 5.32 Å². The summed E-state index contributed by atoms with van der Waals surface area (Å²) in [5.74, 6) is 0. The molecule has 94 valence electrons. The van der Waals surface area contributed by atoms with Gasteiger partial charge in [0, 0.05) is 19.4 Å². The van der Waals surface area contributed by atoms with Crippen LogP contribution in [0.4, 0.5) is 10.5 Å². The highest BCUT2D eigenvalue weighted by Gasteiger charge is 2.02. The summed E-state index contributed by atoms with van der Waals surface area (Å²) in [6, 6.07) is 7.57. The molecular formula is C13H19NO3. The van der Waals surface area contributed by atoms with E-state index in [9.17, 15) is 4.79 Å². The highest BCUT2D eigenvalue weighted by Crippen LogP contribution is 2.08. The molecule has 0 unspecified atom stereocenters. The second kappa shape index (κ2) is 7.68. The first-order valence-corrected chi connectivity index (χ1v) is 5.72. The van der Waals surface area contributed by atoms with Gasteiger partial charge in [0.25, 0.3) is 0 Å². The number of aryl methyl sites for hydroxylation is 1. The van der Waals surface area contributed by atoms with E-state index in [0.29, 0.717) is 13.2 Å². The number of hydrogen-bond acceptors (Lipinski definition) is 3. The summed E-state index contributed by atoms with van der Waals surface area (Å²) in [7, 11) is 1.66. The van der Waals surface area contributed by atoms with Gasteiger partial charge in [0.2, 0.25) is 0 Å². The van der Waals surface area contributed by atoms with Crippen molar-refractivity contribution in [2.24, 2.45) is 0 Å². The number of methoxy groups -OCH3 is 1. The van der Waals surface area contributed by atoms with Gasteiger partial charge in [-0.15, -0.1) is 0 Å². The van der Waals surface area contributed by atoms with Gasteiger partial charge in [-0.2, -0.15) is 0 Å². The summed E-state index contributed by atoms with van der Waals surface area (Å²) >= 11 is 0. The molecule has 0 radical (unpaired) electrons. The topological polar surface area (TPSA) is 47.6 Å². The van der Waals surface area contributed by atoms with E-state index in [1.165, 1.54) is 0 Å². The fraction of sp³-hybridized carbons (Fsp3) is 0.462. The average Bonchev–Trinajstić information content (AvgIpc) is 2.32. The van der Waals surface area contributed by atoms with Crippen LogP contribution in [0.25, 0.3) is 0 Å². The van der Waals surface area contributed by atoms with Gasteiger partial charge >= 0.3 is 6.09 Å².